The van der Waals surface area contributed by atoms with E-state index in [1.54, 1.807) is 11.4 Å². The number of benzene rings is 1. The van der Waals surface area contributed by atoms with Crippen molar-refractivity contribution < 1.29 is 22.8 Å². The van der Waals surface area contributed by atoms with Crippen LogP contribution in [0.5, 0.6) is 0 Å². The van der Waals surface area contributed by atoms with Crippen LogP contribution in [0.4, 0.5) is 18.9 Å². The number of amides is 2. The van der Waals surface area contributed by atoms with Crippen molar-refractivity contribution in [2.75, 3.05) is 18.8 Å². The van der Waals surface area contributed by atoms with Crippen LogP contribution in [0, 0.1) is 0 Å². The third-order valence-electron chi connectivity index (χ3n) is 2.59. The van der Waals surface area contributed by atoms with Crippen molar-refractivity contribution in [3.63, 3.8) is 0 Å². The molecule has 1 aromatic carbocycles. The fourth-order valence-electron chi connectivity index (χ4n) is 1.55. The van der Waals surface area contributed by atoms with Crippen LogP contribution in [0.15, 0.2) is 18.2 Å². The Morgan fingerprint density at radius 1 is 1.23 bits per heavy atom. The van der Waals surface area contributed by atoms with E-state index in [0.717, 1.165) is 0 Å². The zero-order chi connectivity index (χ0) is 16.8. The Bertz CT molecular complexity index is 550. The zero-order valence-electron chi connectivity index (χ0n) is 11.5. The molecule has 0 saturated heterocycles. The summed E-state index contributed by atoms with van der Waals surface area (Å²) in [5, 5.41) is 4.49. The summed E-state index contributed by atoms with van der Waals surface area (Å²) in [6, 6.07) is 4.44. The number of nitrogens with one attached hydrogen (secondary N) is 2. The summed E-state index contributed by atoms with van der Waals surface area (Å²) in [6.45, 7) is -1.24. The number of alkyl halides is 3. The van der Waals surface area contributed by atoms with Crippen LogP contribution in [0.3, 0.4) is 0 Å². The summed E-state index contributed by atoms with van der Waals surface area (Å²) in [5.74, 6) is -1.19. The molecular formula is C13H15ClF3N3O2. The number of rotatable bonds is 6. The topological polar surface area (TPSA) is 84.2 Å². The van der Waals surface area contributed by atoms with Crippen molar-refractivity contribution in [3.8, 4) is 0 Å². The largest absolute Gasteiger partial charge is 0.405 e. The molecule has 5 nitrogen and oxygen atoms in total. The van der Waals surface area contributed by atoms with Gasteiger partial charge >= 0.3 is 6.18 Å². The molecule has 0 spiro atoms. The Morgan fingerprint density at radius 3 is 2.55 bits per heavy atom. The highest BCUT2D eigenvalue weighted by Crippen LogP contribution is 2.18. The number of nitrogens with two attached hydrogens (primary N) is 1. The Kier molecular flexibility index (Phi) is 6.48. The fraction of sp³-hybridized carbons (Fsp3) is 0.385. The normalized spacial score (nSPS) is 11.1. The first-order valence-electron chi connectivity index (χ1n) is 6.36. The minimum Gasteiger partial charge on any atom is -0.399 e. The second-order valence-corrected chi connectivity index (χ2v) is 4.90. The quantitative estimate of drug-likeness (QED) is 0.549. The number of hydrogen-bond donors (Lipinski definition) is 3. The molecule has 9 heteroatoms. The molecule has 0 atom stereocenters. The second-order valence-electron chi connectivity index (χ2n) is 4.49. The Morgan fingerprint density at radius 2 is 1.91 bits per heavy atom. The van der Waals surface area contributed by atoms with Crippen LogP contribution < -0.4 is 16.4 Å². The molecule has 4 N–H and O–H groups in total. The summed E-state index contributed by atoms with van der Waals surface area (Å²) >= 11 is 5.85. The maximum Gasteiger partial charge on any atom is 0.405 e. The molecule has 0 unspecified atom stereocenters. The van der Waals surface area contributed by atoms with E-state index in [4.69, 9.17) is 17.3 Å². The summed E-state index contributed by atoms with van der Waals surface area (Å²) in [5.41, 5.74) is 6.12. The second kappa shape index (κ2) is 7.88. The highest BCUT2D eigenvalue weighted by molar-refractivity contribution is 6.34. The van der Waals surface area contributed by atoms with Gasteiger partial charge in [-0.1, -0.05) is 11.6 Å². The smallest absolute Gasteiger partial charge is 0.399 e. The van der Waals surface area contributed by atoms with Gasteiger partial charge in [0.05, 0.1) is 10.6 Å². The summed E-state index contributed by atoms with van der Waals surface area (Å²) in [7, 11) is 0. The van der Waals surface area contributed by atoms with Gasteiger partial charge in [-0.25, -0.2) is 0 Å². The molecule has 0 aromatic heterocycles. The molecule has 2 amide bonds. The molecule has 0 aliphatic carbocycles. The molecule has 0 fully saturated rings. The molecule has 0 radical (unpaired) electrons. The third kappa shape index (κ3) is 6.66. The van der Waals surface area contributed by atoms with Crippen molar-refractivity contribution in [1.29, 1.82) is 0 Å². The van der Waals surface area contributed by atoms with E-state index >= 15 is 0 Å². The molecule has 22 heavy (non-hydrogen) atoms. The SMILES string of the molecule is Nc1ccc(Cl)c(C(=O)NCCCC(=O)NCC(F)(F)F)c1. The molecule has 0 aliphatic heterocycles. The van der Waals surface area contributed by atoms with Gasteiger partial charge in [0.25, 0.3) is 5.91 Å². The van der Waals surface area contributed by atoms with Gasteiger partial charge in [-0.15, -0.1) is 0 Å². The molecule has 0 saturated carbocycles. The number of halogens is 4. The fourth-order valence-corrected chi connectivity index (χ4v) is 1.75. The van der Waals surface area contributed by atoms with E-state index in [1.165, 1.54) is 12.1 Å². The standard InChI is InChI=1S/C13H15ClF3N3O2/c14-10-4-3-8(18)6-9(10)12(22)19-5-1-2-11(21)20-7-13(15,16)17/h3-4,6H,1-2,5,7,18H2,(H,19,22)(H,20,21). The van der Waals surface area contributed by atoms with Crippen LogP contribution in [0.2, 0.25) is 5.02 Å². The van der Waals surface area contributed by atoms with Gasteiger partial charge in [0.15, 0.2) is 0 Å². The minimum absolute atomic E-state index is 0.124. The van der Waals surface area contributed by atoms with Gasteiger partial charge in [0.2, 0.25) is 5.91 Å². The lowest BCUT2D eigenvalue weighted by Gasteiger charge is -2.09. The van der Waals surface area contributed by atoms with E-state index in [-0.39, 0.29) is 30.0 Å². The monoisotopic (exact) mass is 337 g/mol. The van der Waals surface area contributed by atoms with E-state index in [0.29, 0.717) is 5.69 Å². The van der Waals surface area contributed by atoms with Crippen LogP contribution >= 0.6 is 11.6 Å². The maximum atomic E-state index is 11.9. The molecular weight excluding hydrogens is 323 g/mol. The predicted octanol–water partition coefficient (Wildman–Crippen LogP) is 2.11. The van der Waals surface area contributed by atoms with Crippen molar-refractivity contribution in [2.24, 2.45) is 0 Å². The van der Waals surface area contributed by atoms with Gasteiger partial charge in [0, 0.05) is 18.7 Å². The van der Waals surface area contributed by atoms with Gasteiger partial charge in [0.1, 0.15) is 6.54 Å². The van der Waals surface area contributed by atoms with E-state index in [9.17, 15) is 22.8 Å². The maximum absolute atomic E-state index is 11.9. The average molecular weight is 338 g/mol. The Labute approximate surface area is 130 Å². The predicted molar refractivity (Wildman–Crippen MR) is 76.5 cm³/mol. The lowest BCUT2D eigenvalue weighted by Crippen LogP contribution is -2.34. The lowest BCUT2D eigenvalue weighted by atomic mass is 10.2. The Balaban J connectivity index is 2.31. The number of carbonyl (C=O) groups is 2. The molecule has 0 bridgehead atoms. The first-order valence-corrected chi connectivity index (χ1v) is 6.73. The van der Waals surface area contributed by atoms with Crippen molar-refractivity contribution in [1.82, 2.24) is 10.6 Å². The average Bonchev–Trinajstić information content (AvgIpc) is 2.43. The molecule has 0 heterocycles. The lowest BCUT2D eigenvalue weighted by molar-refractivity contribution is -0.138. The molecule has 1 rings (SSSR count). The van der Waals surface area contributed by atoms with Crippen LogP contribution in [-0.4, -0.2) is 31.1 Å². The van der Waals surface area contributed by atoms with Gasteiger partial charge in [-0.2, -0.15) is 13.2 Å². The summed E-state index contributed by atoms with van der Waals surface area (Å²) < 4.78 is 35.6. The highest BCUT2D eigenvalue weighted by Gasteiger charge is 2.27. The van der Waals surface area contributed by atoms with E-state index in [2.05, 4.69) is 5.32 Å². The van der Waals surface area contributed by atoms with Crippen molar-refractivity contribution in [3.05, 3.63) is 28.8 Å². The number of anilines is 1. The highest BCUT2D eigenvalue weighted by atomic mass is 35.5. The van der Waals surface area contributed by atoms with Crippen LogP contribution in [-0.2, 0) is 4.79 Å². The van der Waals surface area contributed by atoms with Crippen molar-refractivity contribution >= 4 is 29.1 Å². The first-order chi connectivity index (χ1) is 10.2. The van der Waals surface area contributed by atoms with Gasteiger partial charge in [-0.3, -0.25) is 9.59 Å². The minimum atomic E-state index is -4.44. The Hall–Kier alpha value is -1.96. The van der Waals surface area contributed by atoms with E-state index < -0.39 is 24.5 Å². The van der Waals surface area contributed by atoms with E-state index in [1.807, 2.05) is 0 Å². The third-order valence-corrected chi connectivity index (χ3v) is 2.92. The van der Waals surface area contributed by atoms with Gasteiger partial charge in [-0.05, 0) is 24.6 Å². The zero-order valence-corrected chi connectivity index (χ0v) is 12.2. The number of carbonyl (C=O) groups excluding carboxylic acids is 2. The van der Waals surface area contributed by atoms with Gasteiger partial charge < -0.3 is 16.4 Å². The van der Waals surface area contributed by atoms with Crippen molar-refractivity contribution in [2.45, 2.75) is 19.0 Å². The number of nitrogen functional groups attached to an aromatic ring is 1. The molecule has 0 aliphatic rings. The molecule has 122 valence electrons. The number of hydrogen-bond acceptors (Lipinski definition) is 3. The summed E-state index contributed by atoms with van der Waals surface area (Å²) in [4.78, 5) is 23.0. The molecule has 1 aromatic rings. The summed E-state index contributed by atoms with van der Waals surface area (Å²) in [6.07, 6.45) is -4.36. The first kappa shape index (κ1) is 18.1. The van der Waals surface area contributed by atoms with Crippen LogP contribution in [0.25, 0.3) is 0 Å². The van der Waals surface area contributed by atoms with Crippen LogP contribution in [0.1, 0.15) is 23.2 Å².